The lowest BCUT2D eigenvalue weighted by molar-refractivity contribution is -0.153. The zero-order valence-electron chi connectivity index (χ0n) is 15.4. The van der Waals surface area contributed by atoms with Crippen molar-refractivity contribution in [2.75, 3.05) is 5.32 Å². The highest BCUT2D eigenvalue weighted by atomic mass is 16.5. The van der Waals surface area contributed by atoms with Crippen molar-refractivity contribution in [3.63, 3.8) is 0 Å². The summed E-state index contributed by atoms with van der Waals surface area (Å²) in [6, 6.07) is 9.76. The molecule has 0 bridgehead atoms. The summed E-state index contributed by atoms with van der Waals surface area (Å²) in [7, 11) is 1.81. The predicted octanol–water partition coefficient (Wildman–Crippen LogP) is 3.10. The number of anilines is 1. The summed E-state index contributed by atoms with van der Waals surface area (Å²) in [6.45, 7) is 7.22. The molecule has 6 heteroatoms. The lowest BCUT2D eigenvalue weighted by Gasteiger charge is -2.16. The van der Waals surface area contributed by atoms with Gasteiger partial charge in [0.05, 0.1) is 23.5 Å². The summed E-state index contributed by atoms with van der Waals surface area (Å²) in [5.74, 6) is -0.717. The van der Waals surface area contributed by atoms with Crippen molar-refractivity contribution in [2.24, 2.45) is 7.05 Å². The average molecular weight is 343 g/mol. The van der Waals surface area contributed by atoms with Crippen LogP contribution in [0.5, 0.6) is 0 Å². The van der Waals surface area contributed by atoms with Crippen LogP contribution in [0, 0.1) is 13.8 Å². The van der Waals surface area contributed by atoms with E-state index in [-0.39, 0.29) is 18.2 Å². The maximum Gasteiger partial charge on any atom is 0.307 e. The van der Waals surface area contributed by atoms with Gasteiger partial charge in [0.1, 0.15) is 0 Å². The number of benzene rings is 1. The van der Waals surface area contributed by atoms with Gasteiger partial charge in [-0.3, -0.25) is 14.3 Å². The van der Waals surface area contributed by atoms with Gasteiger partial charge in [0, 0.05) is 7.05 Å². The van der Waals surface area contributed by atoms with Gasteiger partial charge in [-0.25, -0.2) is 0 Å². The van der Waals surface area contributed by atoms with Gasteiger partial charge >= 0.3 is 5.97 Å². The van der Waals surface area contributed by atoms with Crippen molar-refractivity contribution in [2.45, 2.75) is 46.1 Å². The van der Waals surface area contributed by atoms with E-state index in [2.05, 4.69) is 10.4 Å². The molecule has 2 aromatic rings. The number of nitrogens with one attached hydrogen (secondary N) is 1. The Morgan fingerprint density at radius 1 is 1.20 bits per heavy atom. The summed E-state index contributed by atoms with van der Waals surface area (Å²) in [6.07, 6.45) is -0.637. The fourth-order valence-corrected chi connectivity index (χ4v) is 2.63. The van der Waals surface area contributed by atoms with Crippen LogP contribution in [0.4, 0.5) is 5.69 Å². The second-order valence-electron chi connectivity index (χ2n) is 6.31. The van der Waals surface area contributed by atoms with Crippen molar-refractivity contribution in [3.8, 4) is 0 Å². The first-order chi connectivity index (χ1) is 11.8. The van der Waals surface area contributed by atoms with E-state index in [0.29, 0.717) is 5.69 Å². The fraction of sp³-hybridized carbons (Fsp3) is 0.421. The number of rotatable bonds is 6. The number of ether oxygens (including phenoxy) is 1. The van der Waals surface area contributed by atoms with Gasteiger partial charge in [-0.15, -0.1) is 0 Å². The zero-order chi connectivity index (χ0) is 18.6. The first-order valence-electron chi connectivity index (χ1n) is 8.35. The third-order valence-corrected chi connectivity index (χ3v) is 4.28. The predicted molar refractivity (Wildman–Crippen MR) is 96.3 cm³/mol. The highest BCUT2D eigenvalue weighted by molar-refractivity contribution is 5.96. The van der Waals surface area contributed by atoms with Gasteiger partial charge < -0.3 is 10.1 Å². The molecule has 0 aliphatic carbocycles. The largest absolute Gasteiger partial charge is 0.453 e. The van der Waals surface area contributed by atoms with Crippen LogP contribution in [0.1, 0.15) is 43.1 Å². The molecule has 1 aromatic carbocycles. The number of aromatic nitrogens is 2. The van der Waals surface area contributed by atoms with Crippen molar-refractivity contribution in [1.29, 1.82) is 0 Å². The minimum Gasteiger partial charge on any atom is -0.453 e. The van der Waals surface area contributed by atoms with Crippen LogP contribution in [0.2, 0.25) is 0 Å². The Labute approximate surface area is 148 Å². The lowest BCUT2D eigenvalue weighted by atomic mass is 9.98. The highest BCUT2D eigenvalue weighted by Crippen LogP contribution is 2.21. The number of carbonyl (C=O) groups excluding carboxylic acids is 2. The van der Waals surface area contributed by atoms with Crippen LogP contribution in [0.15, 0.2) is 30.3 Å². The smallest absolute Gasteiger partial charge is 0.307 e. The third kappa shape index (κ3) is 4.68. The van der Waals surface area contributed by atoms with Gasteiger partial charge in [0.2, 0.25) is 0 Å². The topological polar surface area (TPSA) is 73.2 Å². The van der Waals surface area contributed by atoms with Gasteiger partial charge in [-0.05, 0) is 32.3 Å². The molecule has 1 amide bonds. The molecule has 0 radical (unpaired) electrons. The molecule has 1 heterocycles. The molecule has 0 aliphatic heterocycles. The molecule has 1 N–H and O–H groups in total. The van der Waals surface area contributed by atoms with Crippen molar-refractivity contribution in [1.82, 2.24) is 9.78 Å². The molecular weight excluding hydrogens is 318 g/mol. The normalized spacial score (nSPS) is 13.2. The second-order valence-corrected chi connectivity index (χ2v) is 6.31. The Kier molecular flexibility index (Phi) is 5.96. The lowest BCUT2D eigenvalue weighted by Crippen LogP contribution is -2.30. The first-order valence-corrected chi connectivity index (χ1v) is 8.35. The summed E-state index contributed by atoms with van der Waals surface area (Å²) >= 11 is 0. The van der Waals surface area contributed by atoms with E-state index in [9.17, 15) is 9.59 Å². The SMILES string of the molecule is Cc1nn(C)c(C)c1NC(=O)[C@@H](C)OC(=O)C[C@H](C)c1ccccc1. The number of amides is 1. The summed E-state index contributed by atoms with van der Waals surface area (Å²) in [4.78, 5) is 24.4. The molecule has 0 saturated carbocycles. The Morgan fingerprint density at radius 2 is 1.84 bits per heavy atom. The summed E-state index contributed by atoms with van der Waals surface area (Å²) < 4.78 is 6.98. The van der Waals surface area contributed by atoms with Crippen LogP contribution in [0.25, 0.3) is 0 Å². The molecule has 134 valence electrons. The Hall–Kier alpha value is -2.63. The molecular formula is C19H25N3O3. The van der Waals surface area contributed by atoms with Crippen LogP contribution >= 0.6 is 0 Å². The number of esters is 1. The molecule has 2 atom stereocenters. The molecule has 0 spiro atoms. The van der Waals surface area contributed by atoms with Crippen LogP contribution in [0.3, 0.4) is 0 Å². The van der Waals surface area contributed by atoms with E-state index in [0.717, 1.165) is 17.0 Å². The molecule has 0 fully saturated rings. The van der Waals surface area contributed by atoms with E-state index < -0.39 is 12.1 Å². The first kappa shape index (κ1) is 18.7. The molecule has 1 aromatic heterocycles. The van der Waals surface area contributed by atoms with Crippen molar-refractivity contribution >= 4 is 17.6 Å². The van der Waals surface area contributed by atoms with Crippen molar-refractivity contribution < 1.29 is 14.3 Å². The monoisotopic (exact) mass is 343 g/mol. The zero-order valence-corrected chi connectivity index (χ0v) is 15.4. The van der Waals surface area contributed by atoms with Crippen LogP contribution in [-0.4, -0.2) is 27.8 Å². The summed E-state index contributed by atoms with van der Waals surface area (Å²) in [5.41, 5.74) is 3.30. The molecule has 0 unspecified atom stereocenters. The van der Waals surface area contributed by atoms with E-state index in [4.69, 9.17) is 4.74 Å². The Balaban J connectivity index is 1.91. The number of nitrogens with zero attached hydrogens (tertiary/aromatic N) is 2. The van der Waals surface area contributed by atoms with E-state index in [1.165, 1.54) is 0 Å². The maximum atomic E-state index is 12.3. The number of aryl methyl sites for hydroxylation is 2. The van der Waals surface area contributed by atoms with E-state index in [1.54, 1.807) is 11.6 Å². The molecule has 25 heavy (non-hydrogen) atoms. The summed E-state index contributed by atoms with van der Waals surface area (Å²) in [5, 5.41) is 7.04. The molecule has 0 saturated heterocycles. The van der Waals surface area contributed by atoms with Gasteiger partial charge in [-0.1, -0.05) is 37.3 Å². The second kappa shape index (κ2) is 7.96. The highest BCUT2D eigenvalue weighted by Gasteiger charge is 2.22. The molecule has 2 rings (SSSR count). The van der Waals surface area contributed by atoms with Gasteiger partial charge in [0.25, 0.3) is 5.91 Å². The maximum absolute atomic E-state index is 12.3. The minimum absolute atomic E-state index is 0.0340. The fourth-order valence-electron chi connectivity index (χ4n) is 2.63. The van der Waals surface area contributed by atoms with E-state index >= 15 is 0 Å². The Morgan fingerprint density at radius 3 is 2.40 bits per heavy atom. The number of carbonyl (C=O) groups is 2. The standard InChI is InChI=1S/C19H25N3O3/c1-12(16-9-7-6-8-10-16)11-17(23)25-15(4)19(24)20-18-13(2)21-22(5)14(18)3/h6-10,12,15H,11H2,1-5H3,(H,20,24)/t12-,15+/m0/s1. The van der Waals surface area contributed by atoms with Crippen molar-refractivity contribution in [3.05, 3.63) is 47.3 Å². The third-order valence-electron chi connectivity index (χ3n) is 4.28. The van der Waals surface area contributed by atoms with Gasteiger partial charge in [-0.2, -0.15) is 5.10 Å². The van der Waals surface area contributed by atoms with Gasteiger partial charge in [0.15, 0.2) is 6.10 Å². The van der Waals surface area contributed by atoms with Crippen LogP contribution < -0.4 is 5.32 Å². The van der Waals surface area contributed by atoms with E-state index in [1.807, 2.05) is 58.2 Å². The number of hydrogen-bond acceptors (Lipinski definition) is 4. The molecule has 6 nitrogen and oxygen atoms in total. The number of hydrogen-bond donors (Lipinski definition) is 1. The molecule has 0 aliphatic rings. The Bertz CT molecular complexity index is 753. The minimum atomic E-state index is -0.866. The quantitative estimate of drug-likeness (QED) is 0.818. The average Bonchev–Trinajstić information content (AvgIpc) is 2.81. The van der Waals surface area contributed by atoms with Crippen LogP contribution in [-0.2, 0) is 21.4 Å².